The molecule has 0 unspecified atom stereocenters. The van der Waals surface area contributed by atoms with E-state index < -0.39 is 28.5 Å². The summed E-state index contributed by atoms with van der Waals surface area (Å²) >= 11 is 0. The van der Waals surface area contributed by atoms with Crippen molar-refractivity contribution in [2.75, 3.05) is 26.3 Å². The molecule has 1 heterocycles. The molecular formula is C14H17F2NO2. The molecule has 1 aromatic rings. The molecule has 0 radical (unpaired) electrons. The molecule has 0 spiro atoms. The van der Waals surface area contributed by atoms with Crippen molar-refractivity contribution >= 4 is 5.78 Å². The first kappa shape index (κ1) is 14.1. The molecule has 19 heavy (non-hydrogen) atoms. The summed E-state index contributed by atoms with van der Waals surface area (Å²) in [6, 6.07) is 3.46. The lowest BCUT2D eigenvalue weighted by Gasteiger charge is -2.39. The van der Waals surface area contributed by atoms with Crippen LogP contribution in [0, 0.1) is 11.6 Å². The fourth-order valence-corrected chi connectivity index (χ4v) is 2.29. The highest BCUT2D eigenvalue weighted by Gasteiger charge is 2.38. The van der Waals surface area contributed by atoms with Gasteiger partial charge in [-0.15, -0.1) is 0 Å². The number of ketones is 1. The molecule has 1 aromatic carbocycles. The van der Waals surface area contributed by atoms with Crippen molar-refractivity contribution in [1.82, 2.24) is 4.90 Å². The van der Waals surface area contributed by atoms with Gasteiger partial charge in [0.15, 0.2) is 5.78 Å². The second-order valence-corrected chi connectivity index (χ2v) is 5.08. The van der Waals surface area contributed by atoms with Gasteiger partial charge in [-0.1, -0.05) is 6.07 Å². The molecule has 2 rings (SSSR count). The Morgan fingerprint density at radius 1 is 1.21 bits per heavy atom. The lowest BCUT2D eigenvalue weighted by atomic mass is 9.90. The minimum Gasteiger partial charge on any atom is -0.379 e. The molecule has 0 N–H and O–H groups in total. The average molecular weight is 269 g/mol. The van der Waals surface area contributed by atoms with Gasteiger partial charge < -0.3 is 4.74 Å². The summed E-state index contributed by atoms with van der Waals surface area (Å²) in [5.74, 6) is -2.16. The first-order valence-electron chi connectivity index (χ1n) is 6.26. The van der Waals surface area contributed by atoms with Crippen molar-refractivity contribution in [3.63, 3.8) is 0 Å². The maximum Gasteiger partial charge on any atom is 0.188 e. The highest BCUT2D eigenvalue weighted by molar-refractivity contribution is 6.03. The van der Waals surface area contributed by atoms with Crippen LogP contribution < -0.4 is 0 Å². The van der Waals surface area contributed by atoms with Crippen molar-refractivity contribution < 1.29 is 18.3 Å². The molecule has 1 aliphatic rings. The summed E-state index contributed by atoms with van der Waals surface area (Å²) < 4.78 is 32.6. The Morgan fingerprint density at radius 2 is 1.74 bits per heavy atom. The lowest BCUT2D eigenvalue weighted by Crippen LogP contribution is -2.54. The van der Waals surface area contributed by atoms with Crippen LogP contribution in [0.4, 0.5) is 8.78 Å². The zero-order valence-electron chi connectivity index (χ0n) is 11.1. The predicted octanol–water partition coefficient (Wildman–Crippen LogP) is 2.26. The van der Waals surface area contributed by atoms with E-state index in [1.807, 2.05) is 4.90 Å². The zero-order valence-corrected chi connectivity index (χ0v) is 11.1. The van der Waals surface area contributed by atoms with Crippen molar-refractivity contribution in [1.29, 1.82) is 0 Å². The van der Waals surface area contributed by atoms with Gasteiger partial charge in [-0.05, 0) is 26.0 Å². The van der Waals surface area contributed by atoms with Crippen LogP contribution in [0.3, 0.4) is 0 Å². The van der Waals surface area contributed by atoms with E-state index in [1.165, 1.54) is 6.07 Å². The minimum atomic E-state index is -0.952. The number of nitrogens with zero attached hydrogens (tertiary/aromatic N) is 1. The van der Waals surface area contributed by atoms with Crippen LogP contribution in [0.2, 0.25) is 0 Å². The van der Waals surface area contributed by atoms with Gasteiger partial charge in [-0.3, -0.25) is 9.69 Å². The van der Waals surface area contributed by atoms with E-state index in [0.717, 1.165) is 12.1 Å². The molecule has 1 fully saturated rings. The van der Waals surface area contributed by atoms with Gasteiger partial charge in [-0.2, -0.15) is 0 Å². The number of carbonyl (C=O) groups excluding carboxylic acids is 1. The number of halogens is 2. The Hall–Kier alpha value is -1.33. The molecule has 0 aromatic heterocycles. The normalized spacial score (nSPS) is 17.5. The summed E-state index contributed by atoms with van der Waals surface area (Å²) in [5.41, 5.74) is -1.41. The zero-order chi connectivity index (χ0) is 14.0. The summed E-state index contributed by atoms with van der Waals surface area (Å²) in [5, 5.41) is 0. The third-order valence-electron chi connectivity index (χ3n) is 3.55. The molecule has 104 valence electrons. The second kappa shape index (κ2) is 5.35. The quantitative estimate of drug-likeness (QED) is 0.788. The van der Waals surface area contributed by atoms with Gasteiger partial charge in [0.25, 0.3) is 0 Å². The van der Waals surface area contributed by atoms with Crippen LogP contribution in [0.15, 0.2) is 18.2 Å². The molecule has 3 nitrogen and oxygen atoms in total. The molecule has 1 aliphatic heterocycles. The molecule has 0 atom stereocenters. The first-order valence-corrected chi connectivity index (χ1v) is 6.26. The number of Topliss-reactive ketones (excluding diaryl/α,β-unsaturated/α-hetero) is 1. The Labute approximate surface area is 111 Å². The van der Waals surface area contributed by atoms with Gasteiger partial charge >= 0.3 is 0 Å². The Balaban J connectivity index is 2.31. The number of hydrogen-bond acceptors (Lipinski definition) is 3. The van der Waals surface area contributed by atoms with Gasteiger partial charge in [0.05, 0.1) is 24.3 Å². The average Bonchev–Trinajstić information content (AvgIpc) is 2.39. The minimum absolute atomic E-state index is 0.459. The highest BCUT2D eigenvalue weighted by Crippen LogP contribution is 2.24. The third kappa shape index (κ3) is 2.67. The summed E-state index contributed by atoms with van der Waals surface area (Å²) in [4.78, 5) is 14.3. The van der Waals surface area contributed by atoms with E-state index in [0.29, 0.717) is 26.3 Å². The number of morpholine rings is 1. The number of benzene rings is 1. The first-order chi connectivity index (χ1) is 8.94. The predicted molar refractivity (Wildman–Crippen MR) is 67.2 cm³/mol. The number of ether oxygens (including phenoxy) is 1. The van der Waals surface area contributed by atoms with Crippen molar-refractivity contribution in [2.45, 2.75) is 19.4 Å². The molecule has 5 heteroatoms. The molecule has 0 aliphatic carbocycles. The standard InChI is InChI=1S/C14H17F2NO2/c1-14(2,17-6-8-19-9-7-17)13(18)12-10(15)4-3-5-11(12)16/h3-5H,6-9H2,1-2H3. The summed E-state index contributed by atoms with van der Waals surface area (Å²) in [7, 11) is 0. The van der Waals surface area contributed by atoms with Gasteiger partial charge in [0, 0.05) is 13.1 Å². The van der Waals surface area contributed by atoms with Crippen LogP contribution in [0.1, 0.15) is 24.2 Å². The van der Waals surface area contributed by atoms with E-state index in [2.05, 4.69) is 0 Å². The van der Waals surface area contributed by atoms with Crippen LogP contribution in [-0.2, 0) is 4.74 Å². The number of hydrogen-bond donors (Lipinski definition) is 0. The molecule has 1 saturated heterocycles. The van der Waals surface area contributed by atoms with Crippen LogP contribution >= 0.6 is 0 Å². The number of rotatable bonds is 3. The molecular weight excluding hydrogens is 252 g/mol. The highest BCUT2D eigenvalue weighted by atomic mass is 19.1. The van der Waals surface area contributed by atoms with E-state index in [-0.39, 0.29) is 0 Å². The largest absolute Gasteiger partial charge is 0.379 e. The maximum atomic E-state index is 13.7. The Kier molecular flexibility index (Phi) is 3.96. The van der Waals surface area contributed by atoms with Gasteiger partial charge in [0.1, 0.15) is 11.6 Å². The van der Waals surface area contributed by atoms with E-state index in [1.54, 1.807) is 13.8 Å². The molecule has 0 amide bonds. The smallest absolute Gasteiger partial charge is 0.188 e. The van der Waals surface area contributed by atoms with Crippen LogP contribution in [0.25, 0.3) is 0 Å². The third-order valence-corrected chi connectivity index (χ3v) is 3.55. The topological polar surface area (TPSA) is 29.5 Å². The SMILES string of the molecule is CC(C)(C(=O)c1c(F)cccc1F)N1CCOCC1. The van der Waals surface area contributed by atoms with E-state index >= 15 is 0 Å². The van der Waals surface area contributed by atoms with E-state index in [4.69, 9.17) is 4.74 Å². The van der Waals surface area contributed by atoms with E-state index in [9.17, 15) is 13.6 Å². The maximum absolute atomic E-state index is 13.7. The van der Waals surface area contributed by atoms with Crippen molar-refractivity contribution in [3.05, 3.63) is 35.4 Å². The monoisotopic (exact) mass is 269 g/mol. The Morgan fingerprint density at radius 3 is 2.26 bits per heavy atom. The number of carbonyl (C=O) groups is 1. The summed E-state index contributed by atoms with van der Waals surface area (Å²) in [6.07, 6.45) is 0. The van der Waals surface area contributed by atoms with Crippen LogP contribution in [-0.4, -0.2) is 42.5 Å². The molecule has 0 saturated carbocycles. The summed E-state index contributed by atoms with van der Waals surface area (Å²) in [6.45, 7) is 5.58. The lowest BCUT2D eigenvalue weighted by molar-refractivity contribution is -0.00457. The van der Waals surface area contributed by atoms with Gasteiger partial charge in [0.2, 0.25) is 0 Å². The van der Waals surface area contributed by atoms with Crippen LogP contribution in [0.5, 0.6) is 0 Å². The fourth-order valence-electron chi connectivity index (χ4n) is 2.29. The Bertz CT molecular complexity index is 462. The molecule has 0 bridgehead atoms. The second-order valence-electron chi connectivity index (χ2n) is 5.08. The van der Waals surface area contributed by atoms with Crippen molar-refractivity contribution in [2.24, 2.45) is 0 Å². The van der Waals surface area contributed by atoms with Gasteiger partial charge in [-0.25, -0.2) is 8.78 Å². The fraction of sp³-hybridized carbons (Fsp3) is 0.500. The van der Waals surface area contributed by atoms with Crippen molar-refractivity contribution in [3.8, 4) is 0 Å².